The van der Waals surface area contributed by atoms with Gasteiger partial charge >= 0.3 is 0 Å². The maximum absolute atomic E-state index is 2.47. The highest BCUT2D eigenvalue weighted by Gasteiger charge is 2.54. The Morgan fingerprint density at radius 1 is 0.792 bits per heavy atom. The van der Waals surface area contributed by atoms with Crippen LogP contribution >= 0.6 is 11.8 Å². The quantitative estimate of drug-likeness (QED) is 0.267. The van der Waals surface area contributed by atoms with Gasteiger partial charge in [0.05, 0.1) is 0 Å². The van der Waals surface area contributed by atoms with Crippen LogP contribution in [-0.4, -0.2) is 0 Å². The van der Waals surface area contributed by atoms with E-state index in [1.54, 1.807) is 5.57 Å². The molecule has 0 spiro atoms. The van der Waals surface area contributed by atoms with Gasteiger partial charge in [0.1, 0.15) is 0 Å². The largest absolute Gasteiger partial charge is 0.106 e. The summed E-state index contributed by atoms with van der Waals surface area (Å²) in [6.07, 6.45) is 24.2. The standard InChI is InChI=1S/C23H40S/c1-3-4-5-6-7-8-9-10-11-12-13-14-15-16-18-23(2)21-17-19-24-20-22(21)23/h17,19-21H,3-16,18H2,1-2H3. The van der Waals surface area contributed by atoms with Crippen molar-refractivity contribution >= 4 is 11.8 Å². The lowest BCUT2D eigenvalue weighted by Crippen LogP contribution is -1.97. The number of rotatable bonds is 15. The molecular weight excluding hydrogens is 308 g/mol. The second kappa shape index (κ2) is 11.4. The molecule has 0 bridgehead atoms. The molecule has 2 aliphatic rings. The average Bonchev–Trinajstić information content (AvgIpc) is 3.20. The molecule has 0 aromatic rings. The molecule has 138 valence electrons. The van der Waals surface area contributed by atoms with Crippen molar-refractivity contribution in [3.8, 4) is 0 Å². The van der Waals surface area contributed by atoms with Gasteiger partial charge in [-0.3, -0.25) is 0 Å². The third kappa shape index (κ3) is 6.62. The van der Waals surface area contributed by atoms with Crippen LogP contribution in [0.25, 0.3) is 0 Å². The fourth-order valence-electron chi connectivity index (χ4n) is 4.29. The Morgan fingerprint density at radius 3 is 1.75 bits per heavy atom. The van der Waals surface area contributed by atoms with Crippen LogP contribution in [0.1, 0.15) is 110 Å². The Hall–Kier alpha value is -0.170. The van der Waals surface area contributed by atoms with Crippen molar-refractivity contribution in [1.29, 1.82) is 0 Å². The zero-order chi connectivity index (χ0) is 17.1. The van der Waals surface area contributed by atoms with Crippen LogP contribution in [0.2, 0.25) is 0 Å². The minimum Gasteiger partial charge on any atom is -0.106 e. The summed E-state index contributed by atoms with van der Waals surface area (Å²) in [4.78, 5) is 0. The van der Waals surface area contributed by atoms with E-state index in [-0.39, 0.29) is 0 Å². The maximum Gasteiger partial charge on any atom is 0.00907 e. The average molecular weight is 349 g/mol. The zero-order valence-corrected chi connectivity index (χ0v) is 17.1. The highest BCUT2D eigenvalue weighted by Crippen LogP contribution is 2.64. The smallest absolute Gasteiger partial charge is 0.00907 e. The van der Waals surface area contributed by atoms with E-state index in [1.165, 1.54) is 96.3 Å². The SMILES string of the molecule is CCCCCCCCCCCCCCCCC1(C)C2=CSC=CC21. The summed E-state index contributed by atoms with van der Waals surface area (Å²) in [5.74, 6) is 0.792. The predicted octanol–water partition coefficient (Wildman–Crippen LogP) is 8.64. The topological polar surface area (TPSA) is 0 Å². The molecule has 0 saturated heterocycles. The number of unbranched alkanes of at least 4 members (excludes halogenated alkanes) is 13. The van der Waals surface area contributed by atoms with E-state index in [1.807, 2.05) is 11.8 Å². The van der Waals surface area contributed by atoms with Gasteiger partial charge in [-0.05, 0) is 28.2 Å². The van der Waals surface area contributed by atoms with Crippen molar-refractivity contribution in [2.24, 2.45) is 11.3 Å². The van der Waals surface area contributed by atoms with Crippen LogP contribution in [-0.2, 0) is 0 Å². The van der Waals surface area contributed by atoms with Gasteiger partial charge in [0.15, 0.2) is 0 Å². The van der Waals surface area contributed by atoms with Gasteiger partial charge in [0, 0.05) is 5.92 Å². The molecule has 24 heavy (non-hydrogen) atoms. The number of hydrogen-bond donors (Lipinski definition) is 0. The Labute approximate surface area is 156 Å². The van der Waals surface area contributed by atoms with E-state index in [0.717, 1.165) is 5.92 Å². The van der Waals surface area contributed by atoms with Gasteiger partial charge in [-0.1, -0.05) is 110 Å². The minimum atomic E-state index is 0.539. The van der Waals surface area contributed by atoms with Crippen molar-refractivity contribution in [1.82, 2.24) is 0 Å². The summed E-state index contributed by atoms with van der Waals surface area (Å²) in [5.41, 5.74) is 2.25. The van der Waals surface area contributed by atoms with Gasteiger partial charge in [-0.2, -0.15) is 0 Å². The lowest BCUT2D eigenvalue weighted by molar-refractivity contribution is 0.458. The maximum atomic E-state index is 2.47. The van der Waals surface area contributed by atoms with Crippen molar-refractivity contribution in [3.05, 3.63) is 22.5 Å². The monoisotopic (exact) mass is 348 g/mol. The summed E-state index contributed by atoms with van der Waals surface area (Å²) < 4.78 is 0. The number of thioether (sulfide) groups is 1. The first-order valence-corrected chi connectivity index (χ1v) is 11.8. The molecule has 2 unspecified atom stereocenters. The normalized spacial score (nSPS) is 24.8. The molecule has 2 rings (SSSR count). The van der Waals surface area contributed by atoms with Crippen LogP contribution in [0.5, 0.6) is 0 Å². The van der Waals surface area contributed by atoms with E-state index in [4.69, 9.17) is 0 Å². The number of allylic oxidation sites excluding steroid dienone is 2. The molecule has 0 amide bonds. The molecule has 0 nitrogen and oxygen atoms in total. The van der Waals surface area contributed by atoms with E-state index in [2.05, 4.69) is 30.7 Å². The molecule has 1 saturated carbocycles. The Kier molecular flexibility index (Phi) is 9.61. The van der Waals surface area contributed by atoms with E-state index < -0.39 is 0 Å². The molecule has 2 atom stereocenters. The molecule has 0 aromatic carbocycles. The third-order valence-electron chi connectivity index (χ3n) is 6.19. The molecule has 0 aromatic heterocycles. The fourth-order valence-corrected chi connectivity index (χ4v) is 5.18. The summed E-state index contributed by atoms with van der Waals surface area (Å²) in [5, 5.41) is 4.67. The molecule has 0 N–H and O–H groups in total. The Balaban J connectivity index is 1.31. The third-order valence-corrected chi connectivity index (χ3v) is 6.90. The first-order chi connectivity index (χ1) is 11.8. The Bertz CT molecular complexity index is 395. The second-order valence-electron chi connectivity index (χ2n) is 8.28. The zero-order valence-electron chi connectivity index (χ0n) is 16.3. The minimum absolute atomic E-state index is 0.539. The van der Waals surface area contributed by atoms with Crippen molar-refractivity contribution in [2.45, 2.75) is 110 Å². The fraction of sp³-hybridized carbons (Fsp3) is 0.826. The highest BCUT2D eigenvalue weighted by atomic mass is 32.2. The lowest BCUT2D eigenvalue weighted by Gasteiger charge is -2.08. The number of fused-ring (bicyclic) bond motifs is 1. The number of hydrogen-bond acceptors (Lipinski definition) is 1. The second-order valence-corrected chi connectivity index (χ2v) is 9.06. The molecule has 1 heterocycles. The predicted molar refractivity (Wildman–Crippen MR) is 111 cm³/mol. The van der Waals surface area contributed by atoms with Gasteiger partial charge < -0.3 is 0 Å². The highest BCUT2D eigenvalue weighted by molar-refractivity contribution is 8.05. The summed E-state index contributed by atoms with van der Waals surface area (Å²) in [7, 11) is 0. The van der Waals surface area contributed by atoms with Gasteiger partial charge in [-0.25, -0.2) is 0 Å². The van der Waals surface area contributed by atoms with Gasteiger partial charge in [0.25, 0.3) is 0 Å². The molecule has 1 fully saturated rings. The van der Waals surface area contributed by atoms with Gasteiger partial charge in [0.2, 0.25) is 0 Å². The van der Waals surface area contributed by atoms with Crippen molar-refractivity contribution < 1.29 is 0 Å². The Morgan fingerprint density at radius 2 is 1.29 bits per heavy atom. The molecule has 0 radical (unpaired) electrons. The summed E-state index contributed by atoms with van der Waals surface area (Å²) >= 11 is 1.87. The van der Waals surface area contributed by atoms with Crippen molar-refractivity contribution in [2.75, 3.05) is 0 Å². The first-order valence-electron chi connectivity index (χ1n) is 10.8. The molecule has 1 aliphatic heterocycles. The first kappa shape index (κ1) is 20.1. The molecular formula is C23H40S. The molecule has 1 heteroatoms. The van der Waals surface area contributed by atoms with Gasteiger partial charge in [-0.15, -0.1) is 11.8 Å². The van der Waals surface area contributed by atoms with Crippen LogP contribution in [0.3, 0.4) is 0 Å². The van der Waals surface area contributed by atoms with E-state index >= 15 is 0 Å². The molecule has 1 aliphatic carbocycles. The van der Waals surface area contributed by atoms with Crippen LogP contribution < -0.4 is 0 Å². The lowest BCUT2D eigenvalue weighted by atomic mass is 9.96. The van der Waals surface area contributed by atoms with Crippen LogP contribution in [0.4, 0.5) is 0 Å². The van der Waals surface area contributed by atoms with Crippen LogP contribution in [0.15, 0.2) is 22.5 Å². The van der Waals surface area contributed by atoms with Crippen LogP contribution in [0, 0.1) is 11.3 Å². The summed E-state index contributed by atoms with van der Waals surface area (Å²) in [6.45, 7) is 4.77. The van der Waals surface area contributed by atoms with E-state index in [0.29, 0.717) is 5.41 Å². The van der Waals surface area contributed by atoms with E-state index in [9.17, 15) is 0 Å². The van der Waals surface area contributed by atoms with Crippen molar-refractivity contribution in [3.63, 3.8) is 0 Å². The summed E-state index contributed by atoms with van der Waals surface area (Å²) in [6, 6.07) is 0.